The van der Waals surface area contributed by atoms with Crippen molar-refractivity contribution in [1.82, 2.24) is 0 Å². The fourth-order valence-corrected chi connectivity index (χ4v) is 2.10. The van der Waals surface area contributed by atoms with Crippen LogP contribution in [0.2, 0.25) is 5.02 Å². The van der Waals surface area contributed by atoms with Crippen molar-refractivity contribution in [3.05, 3.63) is 28.8 Å². The van der Waals surface area contributed by atoms with E-state index in [9.17, 15) is 4.79 Å². The Morgan fingerprint density at radius 3 is 2.95 bits per heavy atom. The number of ether oxygens (including phenoxy) is 1. The molecule has 0 bridgehead atoms. The van der Waals surface area contributed by atoms with Gasteiger partial charge in [0.25, 0.3) is 0 Å². The SMILES string of the molecule is CC1(C(=O)Nc2ccc(C#N)cc2Cl)COCC1N. The van der Waals surface area contributed by atoms with E-state index in [4.69, 9.17) is 27.3 Å². The van der Waals surface area contributed by atoms with Crippen LogP contribution in [0.25, 0.3) is 0 Å². The van der Waals surface area contributed by atoms with Crippen molar-refractivity contribution in [2.75, 3.05) is 18.5 Å². The monoisotopic (exact) mass is 279 g/mol. The van der Waals surface area contributed by atoms with Crippen molar-refractivity contribution in [1.29, 1.82) is 5.26 Å². The predicted octanol–water partition coefficient (Wildman–Crippen LogP) is 1.51. The van der Waals surface area contributed by atoms with Gasteiger partial charge in [-0.3, -0.25) is 4.79 Å². The molecule has 6 heteroatoms. The lowest BCUT2D eigenvalue weighted by Gasteiger charge is -2.25. The van der Waals surface area contributed by atoms with Crippen molar-refractivity contribution in [3.63, 3.8) is 0 Å². The summed E-state index contributed by atoms with van der Waals surface area (Å²) in [4.78, 5) is 12.3. The topological polar surface area (TPSA) is 88.1 Å². The normalized spacial score (nSPS) is 25.9. The number of carbonyl (C=O) groups is 1. The van der Waals surface area contributed by atoms with E-state index < -0.39 is 5.41 Å². The third-order valence-electron chi connectivity index (χ3n) is 3.38. The zero-order chi connectivity index (χ0) is 14.0. The number of hydrogen-bond donors (Lipinski definition) is 2. The molecule has 1 amide bonds. The molecule has 2 rings (SSSR count). The van der Waals surface area contributed by atoms with Gasteiger partial charge in [0.15, 0.2) is 0 Å². The molecule has 5 nitrogen and oxygen atoms in total. The Morgan fingerprint density at radius 1 is 1.68 bits per heavy atom. The molecule has 0 aromatic heterocycles. The Bertz CT molecular complexity index is 555. The highest BCUT2D eigenvalue weighted by Gasteiger charge is 2.44. The Kier molecular flexibility index (Phi) is 3.76. The lowest BCUT2D eigenvalue weighted by Crippen LogP contribution is -2.47. The van der Waals surface area contributed by atoms with E-state index >= 15 is 0 Å². The molecular weight excluding hydrogens is 266 g/mol. The summed E-state index contributed by atoms with van der Waals surface area (Å²) in [6.07, 6.45) is 0. The molecule has 0 aliphatic carbocycles. The van der Waals surface area contributed by atoms with Crippen LogP contribution in [0, 0.1) is 16.7 Å². The van der Waals surface area contributed by atoms with Crippen molar-refractivity contribution in [2.24, 2.45) is 11.1 Å². The first-order valence-corrected chi connectivity index (χ1v) is 6.19. The number of nitriles is 1. The molecule has 0 spiro atoms. The molecule has 1 saturated heterocycles. The largest absolute Gasteiger partial charge is 0.379 e. The highest BCUT2D eigenvalue weighted by Crippen LogP contribution is 2.30. The third kappa shape index (κ3) is 2.56. The number of rotatable bonds is 2. The predicted molar refractivity (Wildman–Crippen MR) is 71.7 cm³/mol. The van der Waals surface area contributed by atoms with Gasteiger partial charge in [-0.1, -0.05) is 11.6 Å². The van der Waals surface area contributed by atoms with Gasteiger partial charge in [-0.25, -0.2) is 0 Å². The molecule has 100 valence electrons. The van der Waals surface area contributed by atoms with Crippen molar-refractivity contribution < 1.29 is 9.53 Å². The van der Waals surface area contributed by atoms with Gasteiger partial charge < -0.3 is 15.8 Å². The number of halogens is 1. The maximum absolute atomic E-state index is 12.3. The molecule has 2 atom stereocenters. The van der Waals surface area contributed by atoms with Gasteiger partial charge in [0, 0.05) is 6.04 Å². The van der Waals surface area contributed by atoms with E-state index in [1.807, 2.05) is 6.07 Å². The van der Waals surface area contributed by atoms with E-state index in [2.05, 4.69) is 5.32 Å². The lowest BCUT2D eigenvalue weighted by molar-refractivity contribution is -0.125. The minimum atomic E-state index is -0.767. The molecule has 1 aromatic carbocycles. The van der Waals surface area contributed by atoms with E-state index in [1.54, 1.807) is 19.1 Å². The van der Waals surface area contributed by atoms with Crippen LogP contribution in [0.5, 0.6) is 0 Å². The molecule has 2 unspecified atom stereocenters. The zero-order valence-corrected chi connectivity index (χ0v) is 11.2. The van der Waals surface area contributed by atoms with E-state index in [1.165, 1.54) is 6.07 Å². The fraction of sp³-hybridized carbons (Fsp3) is 0.385. The Morgan fingerprint density at radius 2 is 2.42 bits per heavy atom. The van der Waals surface area contributed by atoms with Crippen LogP contribution in [-0.2, 0) is 9.53 Å². The highest BCUT2D eigenvalue weighted by atomic mass is 35.5. The number of carbonyl (C=O) groups excluding carboxylic acids is 1. The molecule has 1 fully saturated rings. The number of nitrogens with two attached hydrogens (primary N) is 1. The van der Waals surface area contributed by atoms with Crippen molar-refractivity contribution in [3.8, 4) is 6.07 Å². The summed E-state index contributed by atoms with van der Waals surface area (Å²) >= 11 is 6.01. The van der Waals surface area contributed by atoms with Crippen LogP contribution in [0.1, 0.15) is 12.5 Å². The van der Waals surface area contributed by atoms with Crippen molar-refractivity contribution in [2.45, 2.75) is 13.0 Å². The first-order valence-electron chi connectivity index (χ1n) is 5.82. The van der Waals surface area contributed by atoms with Crippen LogP contribution < -0.4 is 11.1 Å². The minimum Gasteiger partial charge on any atom is -0.379 e. The van der Waals surface area contributed by atoms with E-state index in [0.29, 0.717) is 22.9 Å². The van der Waals surface area contributed by atoms with E-state index in [-0.39, 0.29) is 18.6 Å². The maximum Gasteiger partial charge on any atom is 0.234 e. The van der Waals surface area contributed by atoms with Crippen LogP contribution >= 0.6 is 11.6 Å². The van der Waals surface area contributed by atoms with Crippen molar-refractivity contribution >= 4 is 23.2 Å². The molecule has 19 heavy (non-hydrogen) atoms. The second-order valence-corrected chi connectivity index (χ2v) is 5.21. The number of nitrogens with one attached hydrogen (secondary N) is 1. The Labute approximate surface area is 116 Å². The average Bonchev–Trinajstić information content (AvgIpc) is 2.73. The average molecular weight is 280 g/mol. The van der Waals surface area contributed by atoms with Gasteiger partial charge in [-0.2, -0.15) is 5.26 Å². The number of benzene rings is 1. The molecule has 1 aromatic rings. The standard InChI is InChI=1S/C13H14ClN3O2/c1-13(7-19-6-11(13)16)12(18)17-10-3-2-8(5-15)4-9(10)14/h2-4,11H,6-7,16H2,1H3,(H,17,18). The van der Waals surface area contributed by atoms with E-state index in [0.717, 1.165) is 0 Å². The summed E-state index contributed by atoms with van der Waals surface area (Å²) in [5.74, 6) is -0.232. The maximum atomic E-state index is 12.3. The van der Waals surface area contributed by atoms with Gasteiger partial charge in [-0.05, 0) is 25.1 Å². The molecule has 1 aliphatic heterocycles. The second-order valence-electron chi connectivity index (χ2n) is 4.80. The molecule has 1 aliphatic rings. The van der Waals surface area contributed by atoms with Gasteiger partial charge in [0.05, 0.1) is 41.0 Å². The van der Waals surface area contributed by atoms with Crippen LogP contribution in [0.15, 0.2) is 18.2 Å². The van der Waals surface area contributed by atoms with Crippen LogP contribution in [0.3, 0.4) is 0 Å². The summed E-state index contributed by atoms with van der Waals surface area (Å²) in [5.41, 5.74) is 6.03. The molecule has 3 N–H and O–H groups in total. The minimum absolute atomic E-state index is 0.232. The molecule has 0 radical (unpaired) electrons. The first-order chi connectivity index (χ1) is 8.97. The first kappa shape index (κ1) is 13.8. The second kappa shape index (κ2) is 5.17. The number of amides is 1. The molecule has 1 heterocycles. The van der Waals surface area contributed by atoms with Gasteiger partial charge in [-0.15, -0.1) is 0 Å². The highest BCUT2D eigenvalue weighted by molar-refractivity contribution is 6.33. The Balaban J connectivity index is 2.18. The Hall–Kier alpha value is -1.61. The smallest absolute Gasteiger partial charge is 0.234 e. The number of nitrogens with zero attached hydrogens (tertiary/aromatic N) is 1. The quantitative estimate of drug-likeness (QED) is 0.859. The summed E-state index contributed by atoms with van der Waals surface area (Å²) < 4.78 is 5.24. The molecular formula is C13H14ClN3O2. The summed E-state index contributed by atoms with van der Waals surface area (Å²) in [5, 5.41) is 11.8. The van der Waals surface area contributed by atoms with Crippen LogP contribution in [0.4, 0.5) is 5.69 Å². The van der Waals surface area contributed by atoms with Crippen LogP contribution in [-0.4, -0.2) is 25.2 Å². The summed E-state index contributed by atoms with van der Waals surface area (Å²) in [7, 11) is 0. The van der Waals surface area contributed by atoms with Gasteiger partial charge in [0.2, 0.25) is 5.91 Å². The number of hydrogen-bond acceptors (Lipinski definition) is 4. The zero-order valence-electron chi connectivity index (χ0n) is 10.4. The lowest BCUT2D eigenvalue weighted by atomic mass is 9.85. The summed E-state index contributed by atoms with van der Waals surface area (Å²) in [6, 6.07) is 6.34. The van der Waals surface area contributed by atoms with Gasteiger partial charge in [0.1, 0.15) is 0 Å². The van der Waals surface area contributed by atoms with Gasteiger partial charge >= 0.3 is 0 Å². The summed E-state index contributed by atoms with van der Waals surface area (Å²) in [6.45, 7) is 2.41. The third-order valence-corrected chi connectivity index (χ3v) is 3.70. The molecule has 0 saturated carbocycles. The fourth-order valence-electron chi connectivity index (χ4n) is 1.87. The number of anilines is 1.